The molecule has 1 aliphatic rings. The first kappa shape index (κ1) is 19.4. The Kier molecular flexibility index (Phi) is 5.49. The highest BCUT2D eigenvalue weighted by Crippen LogP contribution is 2.28. The molecule has 2 heterocycles. The van der Waals surface area contributed by atoms with E-state index >= 15 is 0 Å². The summed E-state index contributed by atoms with van der Waals surface area (Å²) < 4.78 is 14.9. The molecule has 1 saturated carbocycles. The van der Waals surface area contributed by atoms with Gasteiger partial charge in [0.15, 0.2) is 0 Å². The molecule has 0 unspecified atom stereocenters. The lowest BCUT2D eigenvalue weighted by atomic mass is 9.85. The summed E-state index contributed by atoms with van der Waals surface area (Å²) >= 11 is 5.97. The van der Waals surface area contributed by atoms with Gasteiger partial charge in [-0.1, -0.05) is 17.7 Å². The van der Waals surface area contributed by atoms with Gasteiger partial charge in [-0.25, -0.2) is 9.37 Å². The van der Waals surface area contributed by atoms with Gasteiger partial charge < -0.3 is 15.0 Å². The lowest BCUT2D eigenvalue weighted by Gasteiger charge is -2.28. The molecule has 0 spiro atoms. The van der Waals surface area contributed by atoms with Crippen LogP contribution in [-0.4, -0.2) is 27.2 Å². The number of aromatic nitrogens is 2. The van der Waals surface area contributed by atoms with Crippen LogP contribution in [0.5, 0.6) is 0 Å². The second kappa shape index (κ2) is 8.21. The number of halogens is 2. The Bertz CT molecular complexity index is 1030. The predicted molar refractivity (Wildman–Crippen MR) is 108 cm³/mol. The fraction of sp³-hybridized carbons (Fsp3) is 0.286. The van der Waals surface area contributed by atoms with Gasteiger partial charge in [-0.3, -0.25) is 9.59 Å². The van der Waals surface area contributed by atoms with Gasteiger partial charge in [0.2, 0.25) is 5.91 Å². The van der Waals surface area contributed by atoms with E-state index in [0.717, 1.165) is 5.65 Å². The molecular weight excluding hydrogens is 395 g/mol. The standard InChI is InChI=1S/C21H20ClFN4O2/c22-16-11-14(23)6-9-17(16)26-20(28)13-4-7-15(8-5-13)24-21(29)18-12-27-10-2-1-3-19(27)25-18/h1-3,6,9-13,15H,4-5,7-8H2,(H,24,29)(H,26,28). The van der Waals surface area contributed by atoms with Crippen molar-refractivity contribution >= 4 is 34.7 Å². The second-order valence-electron chi connectivity index (χ2n) is 7.23. The number of nitrogens with zero attached hydrogens (tertiary/aromatic N) is 2. The number of carbonyl (C=O) groups excluding carboxylic acids is 2. The van der Waals surface area contributed by atoms with Crippen LogP contribution in [0.15, 0.2) is 48.8 Å². The first-order valence-corrected chi connectivity index (χ1v) is 9.88. The van der Waals surface area contributed by atoms with Crippen LogP contribution in [0.2, 0.25) is 5.02 Å². The van der Waals surface area contributed by atoms with Crippen LogP contribution in [0.1, 0.15) is 36.2 Å². The quantitative estimate of drug-likeness (QED) is 0.676. The van der Waals surface area contributed by atoms with Crippen molar-refractivity contribution in [3.8, 4) is 0 Å². The summed E-state index contributed by atoms with van der Waals surface area (Å²) in [6.07, 6.45) is 6.26. The molecule has 2 N–H and O–H groups in total. The molecule has 6 nitrogen and oxygen atoms in total. The van der Waals surface area contributed by atoms with Crippen molar-refractivity contribution < 1.29 is 14.0 Å². The lowest BCUT2D eigenvalue weighted by Crippen LogP contribution is -2.39. The Labute approximate surface area is 172 Å². The van der Waals surface area contributed by atoms with Crippen molar-refractivity contribution in [3.05, 3.63) is 65.3 Å². The maximum absolute atomic E-state index is 13.1. The zero-order chi connectivity index (χ0) is 20.4. The first-order valence-electron chi connectivity index (χ1n) is 9.50. The molecule has 0 saturated heterocycles. The van der Waals surface area contributed by atoms with E-state index in [1.165, 1.54) is 18.2 Å². The van der Waals surface area contributed by atoms with E-state index in [1.807, 2.05) is 24.4 Å². The average molecular weight is 415 g/mol. The molecule has 8 heteroatoms. The van der Waals surface area contributed by atoms with Crippen molar-refractivity contribution in [3.63, 3.8) is 0 Å². The van der Waals surface area contributed by atoms with Crippen LogP contribution in [0, 0.1) is 11.7 Å². The third-order valence-corrected chi connectivity index (χ3v) is 5.53. The van der Waals surface area contributed by atoms with Crippen molar-refractivity contribution in [2.75, 3.05) is 5.32 Å². The van der Waals surface area contributed by atoms with Crippen molar-refractivity contribution in [1.82, 2.24) is 14.7 Å². The predicted octanol–water partition coefficient (Wildman–Crippen LogP) is 4.05. The Morgan fingerprint density at radius 3 is 2.66 bits per heavy atom. The zero-order valence-electron chi connectivity index (χ0n) is 15.6. The molecule has 1 aliphatic carbocycles. The molecule has 0 aliphatic heterocycles. The molecule has 2 aromatic heterocycles. The maximum atomic E-state index is 13.1. The first-order chi connectivity index (χ1) is 14.0. The van der Waals surface area contributed by atoms with Crippen molar-refractivity contribution in [1.29, 1.82) is 0 Å². The van der Waals surface area contributed by atoms with Crippen LogP contribution in [-0.2, 0) is 4.79 Å². The van der Waals surface area contributed by atoms with Crippen LogP contribution < -0.4 is 10.6 Å². The molecular formula is C21H20ClFN4O2. The molecule has 0 radical (unpaired) electrons. The van der Waals surface area contributed by atoms with Crippen molar-refractivity contribution in [2.45, 2.75) is 31.7 Å². The van der Waals surface area contributed by atoms with E-state index in [-0.39, 0.29) is 28.8 Å². The number of amides is 2. The van der Waals surface area contributed by atoms with Crippen molar-refractivity contribution in [2.24, 2.45) is 5.92 Å². The molecule has 4 rings (SSSR count). The smallest absolute Gasteiger partial charge is 0.271 e. The number of imidazole rings is 1. The highest BCUT2D eigenvalue weighted by atomic mass is 35.5. The third kappa shape index (κ3) is 4.40. The minimum absolute atomic E-state index is 0.00534. The second-order valence-corrected chi connectivity index (χ2v) is 7.63. The highest BCUT2D eigenvalue weighted by molar-refractivity contribution is 6.33. The average Bonchev–Trinajstić information content (AvgIpc) is 3.15. The summed E-state index contributed by atoms with van der Waals surface area (Å²) in [6, 6.07) is 9.48. The van der Waals surface area contributed by atoms with Gasteiger partial charge >= 0.3 is 0 Å². The number of benzene rings is 1. The number of fused-ring (bicyclic) bond motifs is 1. The Morgan fingerprint density at radius 2 is 1.93 bits per heavy atom. The van der Waals surface area contributed by atoms with Gasteiger partial charge in [0.05, 0.1) is 10.7 Å². The maximum Gasteiger partial charge on any atom is 0.271 e. The molecule has 2 amide bonds. The number of pyridine rings is 1. The summed E-state index contributed by atoms with van der Waals surface area (Å²) in [5.74, 6) is -0.961. The third-order valence-electron chi connectivity index (χ3n) is 5.22. The van der Waals surface area contributed by atoms with Gasteiger partial charge in [-0.05, 0) is 56.0 Å². The SMILES string of the molecule is O=C(NC1CCC(C(=O)Nc2ccc(F)cc2Cl)CC1)c1cn2ccccc2n1. The summed E-state index contributed by atoms with van der Waals surface area (Å²) in [6.45, 7) is 0. The minimum atomic E-state index is -0.449. The Morgan fingerprint density at radius 1 is 1.14 bits per heavy atom. The van der Waals surface area contributed by atoms with Gasteiger partial charge in [0.25, 0.3) is 5.91 Å². The van der Waals surface area contributed by atoms with Gasteiger partial charge in [0.1, 0.15) is 17.2 Å². The number of hydrogen-bond donors (Lipinski definition) is 2. The van der Waals surface area contributed by atoms with Gasteiger partial charge in [0, 0.05) is 24.4 Å². The number of hydrogen-bond acceptors (Lipinski definition) is 3. The van der Waals surface area contributed by atoms with Gasteiger partial charge in [-0.15, -0.1) is 0 Å². The molecule has 1 aromatic carbocycles. The fourth-order valence-electron chi connectivity index (χ4n) is 3.63. The summed E-state index contributed by atoms with van der Waals surface area (Å²) in [5.41, 5.74) is 1.50. The van der Waals surface area contributed by atoms with E-state index < -0.39 is 5.82 Å². The molecule has 29 heavy (non-hydrogen) atoms. The molecule has 3 aromatic rings. The molecule has 1 fully saturated rings. The minimum Gasteiger partial charge on any atom is -0.348 e. The van der Waals surface area contributed by atoms with E-state index in [0.29, 0.717) is 37.1 Å². The normalized spacial score (nSPS) is 19.1. The van der Waals surface area contributed by atoms with E-state index in [2.05, 4.69) is 15.6 Å². The molecule has 150 valence electrons. The topological polar surface area (TPSA) is 75.5 Å². The molecule has 0 atom stereocenters. The van der Waals surface area contributed by atoms with E-state index in [1.54, 1.807) is 10.6 Å². The number of rotatable bonds is 4. The highest BCUT2D eigenvalue weighted by Gasteiger charge is 2.28. The van der Waals surface area contributed by atoms with Crippen LogP contribution in [0.25, 0.3) is 5.65 Å². The number of nitrogens with one attached hydrogen (secondary N) is 2. The summed E-state index contributed by atoms with van der Waals surface area (Å²) in [7, 11) is 0. The van der Waals surface area contributed by atoms with E-state index in [9.17, 15) is 14.0 Å². The Balaban J connectivity index is 1.30. The lowest BCUT2D eigenvalue weighted by molar-refractivity contribution is -0.120. The Hall–Kier alpha value is -2.93. The van der Waals surface area contributed by atoms with Crippen LogP contribution in [0.3, 0.4) is 0 Å². The number of carbonyl (C=O) groups is 2. The summed E-state index contributed by atoms with van der Waals surface area (Å²) in [4.78, 5) is 29.3. The van der Waals surface area contributed by atoms with Crippen LogP contribution in [0.4, 0.5) is 10.1 Å². The number of anilines is 1. The fourth-order valence-corrected chi connectivity index (χ4v) is 3.84. The zero-order valence-corrected chi connectivity index (χ0v) is 16.3. The monoisotopic (exact) mass is 414 g/mol. The van der Waals surface area contributed by atoms with Gasteiger partial charge in [-0.2, -0.15) is 0 Å². The van der Waals surface area contributed by atoms with E-state index in [4.69, 9.17) is 11.6 Å². The largest absolute Gasteiger partial charge is 0.348 e. The molecule has 0 bridgehead atoms. The summed E-state index contributed by atoms with van der Waals surface area (Å²) in [5, 5.41) is 5.95. The van der Waals surface area contributed by atoms with Crippen LogP contribution >= 0.6 is 11.6 Å².